The molecule has 46 valence electrons. The van der Waals surface area contributed by atoms with Crippen LogP contribution in [0.3, 0.4) is 0 Å². The van der Waals surface area contributed by atoms with Gasteiger partial charge in [-0.3, -0.25) is 0 Å². The highest BCUT2D eigenvalue weighted by atomic mass is 16.2. The van der Waals surface area contributed by atoms with Gasteiger partial charge in [0.15, 0.2) is 0 Å². The molecule has 3 nitrogen and oxygen atoms in total. The van der Waals surface area contributed by atoms with Crippen LogP contribution in [0.15, 0.2) is 12.3 Å². The molecule has 0 aliphatic heterocycles. The van der Waals surface area contributed by atoms with E-state index in [1.54, 1.807) is 7.05 Å². The molecule has 0 amide bonds. The lowest BCUT2D eigenvalue weighted by molar-refractivity contribution is 0.469. The molecule has 3 N–H and O–H groups in total. The molecule has 0 spiro atoms. The Morgan fingerprint density at radius 3 is 2.50 bits per heavy atom. The molecule has 0 fully saturated rings. The van der Waals surface area contributed by atoms with Gasteiger partial charge in [0.25, 0.3) is 0 Å². The summed E-state index contributed by atoms with van der Waals surface area (Å²) in [6.07, 6.45) is 3.60. The molecule has 1 unspecified atom stereocenters. The van der Waals surface area contributed by atoms with Crippen LogP contribution in [0.1, 0.15) is 0 Å². The summed E-state index contributed by atoms with van der Waals surface area (Å²) in [4.78, 5) is 0. The zero-order valence-electron chi connectivity index (χ0n) is 4.76. The second-order valence-corrected chi connectivity index (χ2v) is 1.32. The molecule has 0 aromatic carbocycles. The van der Waals surface area contributed by atoms with Crippen molar-refractivity contribution in [2.45, 2.75) is 6.04 Å². The van der Waals surface area contributed by atoms with Gasteiger partial charge in [0.05, 0.1) is 12.3 Å². The number of nitrogens with one attached hydrogen (secondary N) is 2. The number of rotatable bonds is 3. The Labute approximate surface area is 48.5 Å². The number of likely N-dealkylation sites (N-methyl/N-ethyl adjacent to an activating group) is 1. The van der Waals surface area contributed by atoms with Crippen molar-refractivity contribution in [2.75, 3.05) is 7.05 Å². The van der Waals surface area contributed by atoms with Crippen molar-refractivity contribution in [3.63, 3.8) is 0 Å². The standard InChI is InChI=1S/C5H10N2O/c1-7-5(4-6)2-3-8/h2-8H,1H3/b3-2-,6-4?. The smallest absolute Gasteiger partial charge is 0.0771 e. The molecular formula is C5H10N2O. The quantitative estimate of drug-likeness (QED) is 0.365. The molecule has 3 heteroatoms. The Morgan fingerprint density at radius 1 is 1.75 bits per heavy atom. The van der Waals surface area contributed by atoms with Gasteiger partial charge in [0.2, 0.25) is 0 Å². The summed E-state index contributed by atoms with van der Waals surface area (Å²) in [5.41, 5.74) is 0. The zero-order chi connectivity index (χ0) is 6.41. The van der Waals surface area contributed by atoms with Crippen LogP contribution < -0.4 is 5.32 Å². The minimum absolute atomic E-state index is 0.139. The van der Waals surface area contributed by atoms with E-state index in [9.17, 15) is 0 Å². The van der Waals surface area contributed by atoms with Crippen LogP contribution in [-0.2, 0) is 0 Å². The second kappa shape index (κ2) is 4.33. The van der Waals surface area contributed by atoms with E-state index < -0.39 is 0 Å². The van der Waals surface area contributed by atoms with Crippen molar-refractivity contribution in [3.8, 4) is 0 Å². The van der Waals surface area contributed by atoms with Crippen LogP contribution in [0, 0.1) is 5.41 Å². The average molecular weight is 114 g/mol. The summed E-state index contributed by atoms with van der Waals surface area (Å²) < 4.78 is 0. The topological polar surface area (TPSA) is 56.1 Å². The van der Waals surface area contributed by atoms with Crippen molar-refractivity contribution in [2.24, 2.45) is 0 Å². The molecule has 0 heterocycles. The lowest BCUT2D eigenvalue weighted by Gasteiger charge is -1.99. The van der Waals surface area contributed by atoms with Gasteiger partial charge in [-0.05, 0) is 13.1 Å². The summed E-state index contributed by atoms with van der Waals surface area (Å²) in [6, 6.07) is -0.139. The maximum Gasteiger partial charge on any atom is 0.0771 e. The van der Waals surface area contributed by atoms with E-state index in [1.165, 1.54) is 12.3 Å². The van der Waals surface area contributed by atoms with Crippen LogP contribution in [0.4, 0.5) is 0 Å². The monoisotopic (exact) mass is 114 g/mol. The SMILES string of the molecule is CNC(C=N)/C=C\O. The molecule has 0 aromatic rings. The summed E-state index contributed by atoms with van der Waals surface area (Å²) in [7, 11) is 1.72. The third-order valence-corrected chi connectivity index (χ3v) is 0.806. The zero-order valence-corrected chi connectivity index (χ0v) is 4.76. The molecule has 8 heavy (non-hydrogen) atoms. The van der Waals surface area contributed by atoms with E-state index in [0.717, 1.165) is 6.26 Å². The van der Waals surface area contributed by atoms with E-state index >= 15 is 0 Å². The Bertz CT molecular complexity index is 90.4. The highest BCUT2D eigenvalue weighted by Crippen LogP contribution is 1.76. The van der Waals surface area contributed by atoms with Crippen LogP contribution in [0.5, 0.6) is 0 Å². The van der Waals surface area contributed by atoms with E-state index in [0.29, 0.717) is 0 Å². The van der Waals surface area contributed by atoms with E-state index in [2.05, 4.69) is 5.32 Å². The molecule has 0 radical (unpaired) electrons. The fourth-order valence-corrected chi connectivity index (χ4v) is 0.328. The third-order valence-electron chi connectivity index (χ3n) is 0.806. The van der Waals surface area contributed by atoms with Gasteiger partial charge < -0.3 is 15.8 Å². The van der Waals surface area contributed by atoms with E-state index in [-0.39, 0.29) is 6.04 Å². The molecule has 0 bridgehead atoms. The summed E-state index contributed by atoms with van der Waals surface area (Å²) in [5, 5.41) is 17.7. The van der Waals surface area contributed by atoms with E-state index in [1.807, 2.05) is 0 Å². The number of hydrogen-bond acceptors (Lipinski definition) is 3. The van der Waals surface area contributed by atoms with Crippen LogP contribution in [0.2, 0.25) is 0 Å². The number of hydrogen-bond donors (Lipinski definition) is 3. The normalized spacial score (nSPS) is 14.1. The first kappa shape index (κ1) is 7.17. The molecule has 0 saturated carbocycles. The highest BCUT2D eigenvalue weighted by molar-refractivity contribution is 5.63. The summed E-state index contributed by atoms with van der Waals surface area (Å²) in [5.74, 6) is 0. The van der Waals surface area contributed by atoms with Gasteiger partial charge in [-0.25, -0.2) is 0 Å². The first-order valence-electron chi connectivity index (χ1n) is 2.34. The van der Waals surface area contributed by atoms with E-state index in [4.69, 9.17) is 10.5 Å². The van der Waals surface area contributed by atoms with Gasteiger partial charge in [-0.15, -0.1) is 0 Å². The van der Waals surface area contributed by atoms with Crippen molar-refractivity contribution < 1.29 is 5.11 Å². The Balaban J connectivity index is 3.52. The van der Waals surface area contributed by atoms with Crippen molar-refractivity contribution in [3.05, 3.63) is 12.3 Å². The fourth-order valence-electron chi connectivity index (χ4n) is 0.328. The minimum atomic E-state index is -0.139. The molecule has 0 aromatic heterocycles. The molecule has 0 rings (SSSR count). The summed E-state index contributed by atoms with van der Waals surface area (Å²) >= 11 is 0. The maximum absolute atomic E-state index is 8.18. The van der Waals surface area contributed by atoms with Gasteiger partial charge in [-0.1, -0.05) is 0 Å². The number of aliphatic hydroxyl groups is 1. The molecule has 0 aliphatic rings. The van der Waals surface area contributed by atoms with Gasteiger partial charge in [-0.2, -0.15) is 0 Å². The first-order chi connectivity index (χ1) is 3.85. The van der Waals surface area contributed by atoms with Crippen LogP contribution in [0.25, 0.3) is 0 Å². The number of aliphatic hydroxyl groups excluding tert-OH is 1. The largest absolute Gasteiger partial charge is 0.516 e. The predicted molar refractivity (Wildman–Crippen MR) is 33.4 cm³/mol. The van der Waals surface area contributed by atoms with Gasteiger partial charge >= 0.3 is 0 Å². The molecule has 1 atom stereocenters. The fraction of sp³-hybridized carbons (Fsp3) is 0.400. The average Bonchev–Trinajstić information content (AvgIpc) is 1.83. The van der Waals surface area contributed by atoms with Crippen LogP contribution in [-0.4, -0.2) is 24.4 Å². The van der Waals surface area contributed by atoms with Crippen molar-refractivity contribution >= 4 is 6.21 Å². The van der Waals surface area contributed by atoms with Crippen molar-refractivity contribution in [1.82, 2.24) is 5.32 Å². The minimum Gasteiger partial charge on any atom is -0.516 e. The van der Waals surface area contributed by atoms with Crippen LogP contribution >= 0.6 is 0 Å². The molecule has 0 saturated heterocycles. The maximum atomic E-state index is 8.18. The Morgan fingerprint density at radius 2 is 2.38 bits per heavy atom. The molecular weight excluding hydrogens is 104 g/mol. The lowest BCUT2D eigenvalue weighted by atomic mass is 10.3. The first-order valence-corrected chi connectivity index (χ1v) is 2.34. The lowest BCUT2D eigenvalue weighted by Crippen LogP contribution is -2.23. The molecule has 0 aliphatic carbocycles. The van der Waals surface area contributed by atoms with Crippen molar-refractivity contribution in [1.29, 1.82) is 5.41 Å². The van der Waals surface area contributed by atoms with Gasteiger partial charge in [0, 0.05) is 6.21 Å². The Hall–Kier alpha value is -0.830. The predicted octanol–water partition coefficient (Wildman–Crippen LogP) is 0.296. The highest BCUT2D eigenvalue weighted by Gasteiger charge is 1.90. The second-order valence-electron chi connectivity index (χ2n) is 1.32. The Kier molecular flexibility index (Phi) is 3.88. The third kappa shape index (κ3) is 2.36. The summed E-state index contributed by atoms with van der Waals surface area (Å²) in [6.45, 7) is 0. The van der Waals surface area contributed by atoms with Gasteiger partial charge in [0.1, 0.15) is 0 Å².